The second-order valence-electron chi connectivity index (χ2n) is 6.33. The normalized spacial score (nSPS) is 12.6. The van der Waals surface area contributed by atoms with Crippen LogP contribution in [0.3, 0.4) is 0 Å². The molecule has 1 aromatic carbocycles. The molecule has 2 aromatic heterocycles. The molecule has 2 heterocycles. The van der Waals surface area contributed by atoms with E-state index < -0.39 is 5.78 Å². The van der Waals surface area contributed by atoms with Gasteiger partial charge < -0.3 is 9.84 Å². The van der Waals surface area contributed by atoms with Gasteiger partial charge in [0, 0.05) is 12.1 Å². The molecule has 0 fully saturated rings. The van der Waals surface area contributed by atoms with E-state index in [-0.39, 0.29) is 33.5 Å². The molecule has 3 aromatic rings. The number of ketones is 2. The molecule has 7 heteroatoms. The van der Waals surface area contributed by atoms with Crippen LogP contribution in [-0.4, -0.2) is 29.2 Å². The minimum atomic E-state index is -0.403. The summed E-state index contributed by atoms with van der Waals surface area (Å²) in [4.78, 5) is 38.1. The van der Waals surface area contributed by atoms with Crippen molar-refractivity contribution in [1.82, 2.24) is 10.5 Å². The van der Waals surface area contributed by atoms with Crippen LogP contribution < -0.4 is 5.32 Å². The summed E-state index contributed by atoms with van der Waals surface area (Å²) < 4.78 is 5.00. The van der Waals surface area contributed by atoms with E-state index in [1.165, 1.54) is 11.6 Å². The number of benzene rings is 1. The number of rotatable bonds is 5. The van der Waals surface area contributed by atoms with Gasteiger partial charge in [-0.25, -0.2) is 0 Å². The molecule has 27 heavy (non-hydrogen) atoms. The third kappa shape index (κ3) is 3.10. The molecule has 1 amide bonds. The Labute approximate surface area is 159 Å². The van der Waals surface area contributed by atoms with E-state index in [4.69, 9.17) is 4.52 Å². The average molecular weight is 380 g/mol. The van der Waals surface area contributed by atoms with Gasteiger partial charge in [0.05, 0.1) is 21.0 Å². The van der Waals surface area contributed by atoms with Gasteiger partial charge in [0.15, 0.2) is 0 Å². The number of hydrogen-bond acceptors (Lipinski definition) is 6. The highest BCUT2D eigenvalue weighted by Crippen LogP contribution is 2.34. The fourth-order valence-corrected chi connectivity index (χ4v) is 4.11. The largest absolute Gasteiger partial charge is 0.352 e. The predicted molar refractivity (Wildman–Crippen MR) is 99.5 cm³/mol. The number of carbonyl (C=O) groups excluding carboxylic acids is 3. The van der Waals surface area contributed by atoms with E-state index in [9.17, 15) is 14.4 Å². The van der Waals surface area contributed by atoms with Gasteiger partial charge in [-0.05, 0) is 31.4 Å². The van der Waals surface area contributed by atoms with Crippen molar-refractivity contribution in [1.29, 1.82) is 0 Å². The number of aromatic nitrogens is 1. The Kier molecular flexibility index (Phi) is 4.45. The number of nitrogens with zero attached hydrogens (tertiary/aromatic N) is 1. The first-order chi connectivity index (χ1) is 13.1. The Balaban J connectivity index is 1.44. The van der Waals surface area contributed by atoms with E-state index in [1.54, 1.807) is 6.92 Å². The van der Waals surface area contributed by atoms with Crippen LogP contribution in [0.4, 0.5) is 0 Å². The molecule has 4 rings (SSSR count). The summed E-state index contributed by atoms with van der Waals surface area (Å²) in [6.07, 6.45) is 1.67. The highest BCUT2D eigenvalue weighted by atomic mass is 32.1. The molecule has 0 saturated heterocycles. The minimum Gasteiger partial charge on any atom is -0.352 e. The van der Waals surface area contributed by atoms with Crippen LogP contribution in [0.15, 0.2) is 40.9 Å². The van der Waals surface area contributed by atoms with Crippen molar-refractivity contribution in [3.8, 4) is 0 Å². The second-order valence-corrected chi connectivity index (χ2v) is 7.38. The zero-order valence-corrected chi connectivity index (χ0v) is 15.4. The number of carbonyl (C=O) groups is 3. The number of nitrogens with one attached hydrogen (secondary N) is 1. The van der Waals surface area contributed by atoms with Crippen molar-refractivity contribution >= 4 is 28.8 Å². The molecule has 0 unspecified atom stereocenters. The van der Waals surface area contributed by atoms with Crippen LogP contribution in [0.5, 0.6) is 0 Å². The third-order valence-corrected chi connectivity index (χ3v) is 5.61. The quantitative estimate of drug-likeness (QED) is 0.537. The number of amides is 1. The van der Waals surface area contributed by atoms with Crippen LogP contribution in [-0.2, 0) is 6.42 Å². The molecule has 6 nitrogen and oxygen atoms in total. The van der Waals surface area contributed by atoms with Crippen LogP contribution in [0.2, 0.25) is 0 Å². The Morgan fingerprint density at radius 1 is 1.19 bits per heavy atom. The van der Waals surface area contributed by atoms with Gasteiger partial charge in [0.25, 0.3) is 5.91 Å². The third-order valence-electron chi connectivity index (χ3n) is 4.47. The van der Waals surface area contributed by atoms with Gasteiger partial charge in [-0.15, -0.1) is 11.3 Å². The van der Waals surface area contributed by atoms with Gasteiger partial charge >= 0.3 is 0 Å². The fourth-order valence-electron chi connectivity index (χ4n) is 3.09. The maximum Gasteiger partial charge on any atom is 0.261 e. The van der Waals surface area contributed by atoms with Crippen molar-refractivity contribution in [2.45, 2.75) is 19.8 Å². The first kappa shape index (κ1) is 17.4. The molecule has 1 aliphatic carbocycles. The molecular formula is C20H16N2O4S. The Hall–Kier alpha value is -3.06. The molecule has 0 bridgehead atoms. The highest BCUT2D eigenvalue weighted by molar-refractivity contribution is 7.16. The summed E-state index contributed by atoms with van der Waals surface area (Å²) in [7, 11) is 0. The van der Waals surface area contributed by atoms with Crippen LogP contribution >= 0.6 is 11.3 Å². The molecule has 0 aliphatic heterocycles. The van der Waals surface area contributed by atoms with Crippen LogP contribution in [0.1, 0.15) is 58.7 Å². The fraction of sp³-hybridized carbons (Fsp3) is 0.200. The van der Waals surface area contributed by atoms with E-state index in [2.05, 4.69) is 10.5 Å². The van der Waals surface area contributed by atoms with Crippen molar-refractivity contribution in [2.75, 3.05) is 6.54 Å². The molecule has 136 valence electrons. The lowest BCUT2D eigenvalue weighted by Gasteiger charge is -2.07. The van der Waals surface area contributed by atoms with Crippen LogP contribution in [0, 0.1) is 6.92 Å². The molecule has 0 spiro atoms. The van der Waals surface area contributed by atoms with Gasteiger partial charge in [-0.2, -0.15) is 0 Å². The van der Waals surface area contributed by atoms with E-state index in [0.717, 1.165) is 24.2 Å². The van der Waals surface area contributed by atoms with Crippen molar-refractivity contribution < 1.29 is 18.9 Å². The Morgan fingerprint density at radius 2 is 1.96 bits per heavy atom. The first-order valence-corrected chi connectivity index (χ1v) is 9.39. The highest BCUT2D eigenvalue weighted by Gasteiger charge is 2.38. The molecule has 1 N–H and O–H groups in total. The zero-order valence-electron chi connectivity index (χ0n) is 14.6. The summed E-state index contributed by atoms with van der Waals surface area (Å²) in [6, 6.07) is 11.5. The molecule has 1 aliphatic rings. The standard InChI is InChI=1S/C20H16N2O4S/c1-11-15-17(24)19-13(16(23)18(15)26-22-11)10-14(27-19)20(25)21-9-5-8-12-6-3-2-4-7-12/h2-4,6-7,10H,5,8-9H2,1H3,(H,21,25). The molecule has 0 saturated carbocycles. The molecular weight excluding hydrogens is 364 g/mol. The summed E-state index contributed by atoms with van der Waals surface area (Å²) in [5.74, 6) is -1.04. The maximum atomic E-state index is 12.6. The van der Waals surface area contributed by atoms with E-state index in [1.807, 2.05) is 30.3 Å². The van der Waals surface area contributed by atoms with Crippen molar-refractivity contribution in [3.05, 3.63) is 74.3 Å². The SMILES string of the molecule is Cc1noc2c1C(=O)c1sc(C(=O)NCCCc3ccccc3)cc1C2=O. The van der Waals surface area contributed by atoms with Gasteiger partial charge in [0.1, 0.15) is 0 Å². The predicted octanol–water partition coefficient (Wildman–Crippen LogP) is 3.18. The lowest BCUT2D eigenvalue weighted by Crippen LogP contribution is -2.23. The van der Waals surface area contributed by atoms with Gasteiger partial charge in [-0.1, -0.05) is 35.5 Å². The van der Waals surface area contributed by atoms with Gasteiger partial charge in [-0.3, -0.25) is 14.4 Å². The lowest BCUT2D eigenvalue weighted by molar-refractivity contribution is 0.0955. The number of fused-ring (bicyclic) bond motifs is 2. The Bertz CT molecular complexity index is 1050. The Morgan fingerprint density at radius 3 is 2.74 bits per heavy atom. The smallest absolute Gasteiger partial charge is 0.261 e. The zero-order chi connectivity index (χ0) is 19.0. The van der Waals surface area contributed by atoms with E-state index in [0.29, 0.717) is 17.1 Å². The summed E-state index contributed by atoms with van der Waals surface area (Å²) in [6.45, 7) is 2.13. The number of thiophene rings is 1. The number of aryl methyl sites for hydroxylation is 2. The average Bonchev–Trinajstić information content (AvgIpc) is 3.29. The van der Waals surface area contributed by atoms with Crippen molar-refractivity contribution in [2.24, 2.45) is 0 Å². The van der Waals surface area contributed by atoms with E-state index >= 15 is 0 Å². The summed E-state index contributed by atoms with van der Waals surface area (Å²) >= 11 is 1.03. The topological polar surface area (TPSA) is 89.3 Å². The monoisotopic (exact) mass is 380 g/mol. The minimum absolute atomic E-state index is 0.0439. The number of hydrogen-bond donors (Lipinski definition) is 1. The second kappa shape index (κ2) is 6.92. The van der Waals surface area contributed by atoms with Gasteiger partial charge in [0.2, 0.25) is 17.3 Å². The molecule has 0 atom stereocenters. The summed E-state index contributed by atoms with van der Waals surface area (Å²) in [5, 5.41) is 6.55. The van der Waals surface area contributed by atoms with Crippen LogP contribution in [0.25, 0.3) is 0 Å². The molecule has 0 radical (unpaired) electrons. The lowest BCUT2D eigenvalue weighted by atomic mass is 9.93. The van der Waals surface area contributed by atoms with Crippen molar-refractivity contribution in [3.63, 3.8) is 0 Å². The maximum absolute atomic E-state index is 12.6. The summed E-state index contributed by atoms with van der Waals surface area (Å²) in [5.41, 5.74) is 2.01. The first-order valence-electron chi connectivity index (χ1n) is 8.58.